The molecular weight excluding hydrogens is 1720 g/mol. The molecule has 5 aliphatic heterocycles. The number of aromatic nitrogens is 14. The number of ether oxygens (including phenoxy) is 7. The number of aryl methyl sites for hydroxylation is 3. The minimum absolute atomic E-state index is 0.466. The Morgan fingerprint density at radius 3 is 1.17 bits per heavy atom. The summed E-state index contributed by atoms with van der Waals surface area (Å²) in [4.78, 5) is 18.5. The van der Waals surface area contributed by atoms with Crippen LogP contribution in [0.1, 0.15) is 35.1 Å². The molecule has 0 amide bonds. The quantitative estimate of drug-likeness (QED) is 0.125. The molecule has 2 atom stereocenters. The lowest BCUT2D eigenvalue weighted by Crippen LogP contribution is -2.49. The van der Waals surface area contributed by atoms with Crippen LogP contribution in [0.15, 0.2) is 419 Å². The monoisotopic (exact) mass is 1800 g/mol. The Hall–Kier alpha value is -18.6. The van der Waals surface area contributed by atoms with Crippen molar-refractivity contribution in [1.29, 1.82) is 5.26 Å². The van der Waals surface area contributed by atoms with E-state index in [1.54, 1.807) is 30.5 Å². The smallest absolute Gasteiger partial charge is 0.404 e. The van der Waals surface area contributed by atoms with Crippen molar-refractivity contribution in [3.63, 3.8) is 0 Å². The van der Waals surface area contributed by atoms with Gasteiger partial charge in [0.15, 0.2) is 33.1 Å². The first-order valence-corrected chi connectivity index (χ1v) is 45.7. The number of fused-ring (bicyclic) bond motifs is 26. The van der Waals surface area contributed by atoms with E-state index in [0.717, 1.165) is 181 Å². The SMILES string of the molecule is Cc1cc(C)c(OC2Oc3ccccc3-c3n(-c4ccccc4)c4ccccc4[n+]32)c(C)c1.N#Cc1ccc(OC2Oc3ccccc3-c3n(-c4ccccc4)c4ncccc4[n+]32)cc1.c1ccc(-n2c3[n+](c4ccccc42)COc2ccccc2-3)cc1.c1ccc(-n2c3[n+](c4cccnc42)COc2ccccc2-3)cc1.c1ccc2c(c1)OC[n+]1c-2n(-c2ccc3cccnc3c2)c2ncccc21. The summed E-state index contributed by atoms with van der Waals surface area (Å²) in [7, 11) is 0. The molecule has 22 nitrogen and oxygen atoms in total. The molecule has 0 radical (unpaired) electrons. The van der Waals surface area contributed by atoms with Crippen molar-refractivity contribution in [2.75, 3.05) is 0 Å². The van der Waals surface area contributed by atoms with Crippen LogP contribution < -0.4 is 56.0 Å². The molecule has 138 heavy (non-hydrogen) atoms. The van der Waals surface area contributed by atoms with Crippen LogP contribution in [0.4, 0.5) is 0 Å². The molecule has 9 aromatic heterocycles. The van der Waals surface area contributed by atoms with Crippen LogP contribution in [0.3, 0.4) is 0 Å². The number of para-hydroxylation sites is 13. The highest BCUT2D eigenvalue weighted by Crippen LogP contribution is 2.45. The summed E-state index contributed by atoms with van der Waals surface area (Å²) in [6.45, 7) is 7.78. The van der Waals surface area contributed by atoms with Crippen LogP contribution in [0.5, 0.6) is 40.2 Å². The largest absolute Gasteiger partial charge is 0.453 e. The number of imidazole rings is 5. The lowest BCUT2D eigenvalue weighted by molar-refractivity contribution is -0.760. The zero-order chi connectivity index (χ0) is 92.3. The summed E-state index contributed by atoms with van der Waals surface area (Å²) in [6, 6.07) is 135. The first kappa shape index (κ1) is 82.5. The van der Waals surface area contributed by atoms with Crippen molar-refractivity contribution in [2.24, 2.45) is 0 Å². The number of hydrogen-bond acceptors (Lipinski definition) is 12. The predicted octanol–water partition coefficient (Wildman–Crippen LogP) is 22.4. The van der Waals surface area contributed by atoms with Crippen LogP contribution in [0.2, 0.25) is 0 Å². The van der Waals surface area contributed by atoms with E-state index in [0.29, 0.717) is 31.5 Å². The Kier molecular flexibility index (Phi) is 21.0. The number of benzene rings is 14. The number of pyridine rings is 4. The van der Waals surface area contributed by atoms with Crippen molar-refractivity contribution in [1.82, 2.24) is 42.8 Å². The minimum atomic E-state index is -0.746. The van der Waals surface area contributed by atoms with E-state index in [1.807, 2.05) is 187 Å². The lowest BCUT2D eigenvalue weighted by Gasteiger charge is -2.25. The summed E-state index contributed by atoms with van der Waals surface area (Å²) in [5.74, 6) is 11.0. The molecule has 0 aliphatic carbocycles. The molecule has 5 aliphatic rings. The molecular formula is C116H86N15O7+5. The van der Waals surface area contributed by atoms with Crippen molar-refractivity contribution in [3.05, 3.63) is 441 Å². The van der Waals surface area contributed by atoms with Gasteiger partial charge in [0.1, 0.15) is 96.5 Å². The first-order valence-electron chi connectivity index (χ1n) is 45.7. The average Bonchev–Trinajstić information content (AvgIpc) is 1.56. The molecule has 28 rings (SSSR count). The second-order valence-electron chi connectivity index (χ2n) is 33.8. The fraction of sp³-hybridized carbons (Fsp3) is 0.0690. The Labute approximate surface area is 792 Å². The van der Waals surface area contributed by atoms with Crippen molar-refractivity contribution >= 4 is 66.5 Å². The molecule has 14 aromatic carbocycles. The number of nitrogens with zero attached hydrogens (tertiary/aromatic N) is 15. The molecule has 0 bridgehead atoms. The third kappa shape index (κ3) is 14.6. The highest BCUT2D eigenvalue weighted by atomic mass is 16.7. The van der Waals surface area contributed by atoms with Gasteiger partial charge in [-0.25, -0.2) is 15.0 Å². The predicted molar refractivity (Wildman–Crippen MR) is 527 cm³/mol. The first-order chi connectivity index (χ1) is 68.2. The zero-order valence-corrected chi connectivity index (χ0v) is 75.2. The molecule has 0 fully saturated rings. The maximum atomic E-state index is 9.09. The van der Waals surface area contributed by atoms with Crippen molar-refractivity contribution in [3.8, 4) is 132 Å². The van der Waals surface area contributed by atoms with Gasteiger partial charge in [0.25, 0.3) is 16.9 Å². The van der Waals surface area contributed by atoms with E-state index in [9.17, 15) is 0 Å². The van der Waals surface area contributed by atoms with Gasteiger partial charge in [-0.05, 0) is 244 Å². The second-order valence-corrected chi connectivity index (χ2v) is 33.8. The molecule has 14 heterocycles. The Morgan fingerprint density at radius 2 is 0.659 bits per heavy atom. The number of nitriles is 1. The van der Waals surface area contributed by atoms with E-state index < -0.39 is 12.8 Å². The third-order valence-corrected chi connectivity index (χ3v) is 25.4. The Bertz CT molecular complexity index is 8500. The summed E-state index contributed by atoms with van der Waals surface area (Å²) in [5, 5.41) is 10.2. The maximum absolute atomic E-state index is 9.09. The van der Waals surface area contributed by atoms with Gasteiger partial charge in [-0.1, -0.05) is 181 Å². The van der Waals surface area contributed by atoms with Gasteiger partial charge in [-0.2, -0.15) is 41.8 Å². The Balaban J connectivity index is 0.0000000946. The molecule has 2 unspecified atom stereocenters. The Morgan fingerprint density at radius 1 is 0.304 bits per heavy atom. The van der Waals surface area contributed by atoms with E-state index in [4.69, 9.17) is 43.4 Å². The fourth-order valence-corrected chi connectivity index (χ4v) is 19.5. The van der Waals surface area contributed by atoms with Crippen molar-refractivity contribution in [2.45, 2.75) is 53.8 Å². The molecule has 0 saturated heterocycles. The van der Waals surface area contributed by atoms with E-state index in [2.05, 4.69) is 289 Å². The molecule has 23 aromatic rings. The summed E-state index contributed by atoms with van der Waals surface area (Å²) in [5.41, 5.74) is 25.8. The van der Waals surface area contributed by atoms with Crippen LogP contribution in [-0.2, 0) is 20.2 Å². The molecule has 662 valence electrons. The van der Waals surface area contributed by atoms with Crippen molar-refractivity contribution < 1.29 is 56.0 Å². The van der Waals surface area contributed by atoms with Crippen LogP contribution in [0, 0.1) is 32.1 Å². The lowest BCUT2D eigenvalue weighted by atomic mass is 10.1. The summed E-state index contributed by atoms with van der Waals surface area (Å²) >= 11 is 0. The third-order valence-electron chi connectivity index (χ3n) is 25.4. The van der Waals surface area contributed by atoms with Gasteiger partial charge in [-0.3, -0.25) is 4.98 Å². The molecule has 0 spiro atoms. The standard InChI is InChI=1S/C29H25N2O2.C26H17N4O2.C22H15N4O.C20H15N2O.C19H14N3O/c1-19-17-20(2)27(21(3)18-19)33-29-31-25-15-9-8-14-24(25)30(22-11-5-4-6-12-22)28(31)23-13-7-10-16-26(23)32-29;27-17-18-12-14-20(15-13-18)31-26-30-22-10-6-16-28-24(22)29(19-7-2-1-3-8-19)25(30)21-9-4-5-11-23(21)32-26;1-2-8-20-17(6-1)22-25(14-27-20)19-7-4-12-24-21(19)26(22)16-10-9-15-5-3-11-23-18(15)13-16;1-2-8-15(9-3-1)22-18-12-6-5-11-17(18)21-14-23-19-13-7-4-10-16(19)20(21)22;1-2-7-14(8-3-1)22-18-16(10-6-12-20-18)21-13-23-17-11-5-4-9-15(17)19(21)22/h4-18,29H,1-3H3;1-16,26H;1-13H,14H2;1-13H,14H2;1-12H,13H2/q5*+1. The van der Waals surface area contributed by atoms with Gasteiger partial charge >= 0.3 is 41.9 Å². The average molecular weight is 1800 g/mol. The number of hydrogen-bond donors (Lipinski definition) is 0. The fourth-order valence-electron chi connectivity index (χ4n) is 19.5. The van der Waals surface area contributed by atoms with Gasteiger partial charge in [0, 0.05) is 36.2 Å². The minimum Gasteiger partial charge on any atom is -0.453 e. The second kappa shape index (κ2) is 35.2. The van der Waals surface area contributed by atoms with Gasteiger partial charge in [-0.15, -0.1) is 9.13 Å². The van der Waals surface area contributed by atoms with Crippen LogP contribution >= 0.6 is 0 Å². The summed E-state index contributed by atoms with van der Waals surface area (Å²) in [6.07, 6.45) is 5.90. The van der Waals surface area contributed by atoms with Gasteiger partial charge in [0.2, 0.25) is 25.7 Å². The zero-order valence-electron chi connectivity index (χ0n) is 75.2. The molecule has 0 saturated carbocycles. The molecule has 0 N–H and O–H groups in total. The van der Waals surface area contributed by atoms with Crippen LogP contribution in [0.25, 0.3) is 152 Å². The highest BCUT2D eigenvalue weighted by Gasteiger charge is 2.45. The van der Waals surface area contributed by atoms with Gasteiger partial charge in [0.05, 0.1) is 17.1 Å². The maximum Gasteiger partial charge on any atom is 0.404 e. The summed E-state index contributed by atoms with van der Waals surface area (Å²) < 4.78 is 65.5. The highest BCUT2D eigenvalue weighted by molar-refractivity contribution is 5.87. The normalized spacial score (nSPS) is 13.4. The molecule has 22 heteroatoms. The van der Waals surface area contributed by atoms with Crippen LogP contribution in [-0.4, -0.2) is 42.8 Å². The number of rotatable bonds is 9. The topological polar surface area (TPSA) is 184 Å². The van der Waals surface area contributed by atoms with Gasteiger partial charge < -0.3 is 33.2 Å². The van der Waals surface area contributed by atoms with E-state index in [1.165, 1.54) is 22.4 Å². The van der Waals surface area contributed by atoms with E-state index in [-0.39, 0.29) is 0 Å². The van der Waals surface area contributed by atoms with E-state index >= 15 is 0 Å².